The smallest absolute Gasteiger partial charge is 0.257 e. The van der Waals surface area contributed by atoms with E-state index >= 15 is 0 Å². The zero-order valence-electron chi connectivity index (χ0n) is 11.0. The summed E-state index contributed by atoms with van der Waals surface area (Å²) in [6, 6.07) is 5.09. The number of rotatable bonds is 1. The van der Waals surface area contributed by atoms with E-state index in [0.717, 1.165) is 12.1 Å². The van der Waals surface area contributed by atoms with Gasteiger partial charge in [-0.25, -0.2) is 4.39 Å². The maximum Gasteiger partial charge on any atom is 0.257 e. The predicted molar refractivity (Wildman–Crippen MR) is 69.1 cm³/mol. The molecule has 0 aliphatic carbocycles. The van der Waals surface area contributed by atoms with Gasteiger partial charge in [0.05, 0.1) is 5.56 Å². The minimum atomic E-state index is -0.432. The lowest BCUT2D eigenvalue weighted by atomic mass is 10.1. The number of nitrogens with zero attached hydrogens (tertiary/aromatic N) is 1. The fourth-order valence-electron chi connectivity index (χ4n) is 2.25. The Morgan fingerprint density at radius 3 is 2.83 bits per heavy atom. The van der Waals surface area contributed by atoms with Gasteiger partial charge in [0, 0.05) is 25.2 Å². The largest absolute Gasteiger partial charge is 0.333 e. The van der Waals surface area contributed by atoms with E-state index in [-0.39, 0.29) is 23.6 Å². The first-order valence-corrected chi connectivity index (χ1v) is 6.29. The number of amides is 1. The molecule has 1 N–H and O–H groups in total. The summed E-state index contributed by atoms with van der Waals surface area (Å²) >= 11 is 0. The molecule has 2 unspecified atom stereocenters. The van der Waals surface area contributed by atoms with Gasteiger partial charge in [-0.05, 0) is 38.5 Å². The highest BCUT2D eigenvalue weighted by Crippen LogP contribution is 2.16. The molecule has 0 radical (unpaired) electrons. The van der Waals surface area contributed by atoms with Gasteiger partial charge in [-0.15, -0.1) is 0 Å². The lowest BCUT2D eigenvalue weighted by Gasteiger charge is -2.37. The second kappa shape index (κ2) is 5.06. The Balaban J connectivity index is 2.24. The predicted octanol–water partition coefficient (Wildman–Crippen LogP) is 1.96. The lowest BCUT2D eigenvalue weighted by molar-refractivity contribution is 0.0611. The van der Waals surface area contributed by atoms with E-state index in [9.17, 15) is 9.18 Å². The van der Waals surface area contributed by atoms with Gasteiger partial charge in [0.25, 0.3) is 5.91 Å². The molecule has 1 fully saturated rings. The summed E-state index contributed by atoms with van der Waals surface area (Å²) in [5.74, 6) is -0.647. The summed E-state index contributed by atoms with van der Waals surface area (Å²) < 4.78 is 13.8. The van der Waals surface area contributed by atoms with E-state index in [1.54, 1.807) is 17.0 Å². The number of hydrogen-bond donors (Lipinski definition) is 1. The zero-order chi connectivity index (χ0) is 13.3. The summed E-state index contributed by atoms with van der Waals surface area (Å²) in [5.41, 5.74) is 0.993. The number of carbonyl (C=O) groups excluding carboxylic acids is 1. The van der Waals surface area contributed by atoms with Crippen LogP contribution in [0.2, 0.25) is 0 Å². The van der Waals surface area contributed by atoms with Crippen molar-refractivity contribution in [1.29, 1.82) is 0 Å². The first-order chi connectivity index (χ1) is 8.49. The van der Waals surface area contributed by atoms with Gasteiger partial charge in [-0.1, -0.05) is 6.07 Å². The molecule has 1 aliphatic heterocycles. The van der Waals surface area contributed by atoms with Crippen LogP contribution >= 0.6 is 0 Å². The van der Waals surface area contributed by atoms with E-state index < -0.39 is 5.82 Å². The standard InChI is InChI=1S/C14H19FN2O/c1-9-4-5-12(13(15)6-9)14(18)17-8-10(2)16-7-11(17)3/h4-6,10-11,16H,7-8H2,1-3H3. The van der Waals surface area contributed by atoms with Crippen LogP contribution in [0.5, 0.6) is 0 Å². The highest BCUT2D eigenvalue weighted by molar-refractivity contribution is 5.94. The van der Waals surface area contributed by atoms with Gasteiger partial charge in [-0.2, -0.15) is 0 Å². The van der Waals surface area contributed by atoms with Crippen LogP contribution in [0.3, 0.4) is 0 Å². The molecular formula is C14H19FN2O. The third kappa shape index (κ3) is 2.53. The Morgan fingerprint density at radius 1 is 1.44 bits per heavy atom. The van der Waals surface area contributed by atoms with Crippen LogP contribution < -0.4 is 5.32 Å². The molecule has 0 spiro atoms. The van der Waals surface area contributed by atoms with Crippen LogP contribution in [0.4, 0.5) is 4.39 Å². The average Bonchev–Trinajstić information content (AvgIpc) is 2.31. The summed E-state index contributed by atoms with van der Waals surface area (Å²) in [7, 11) is 0. The minimum absolute atomic E-state index is 0.0920. The number of nitrogens with one attached hydrogen (secondary N) is 1. The van der Waals surface area contributed by atoms with Crippen LogP contribution in [-0.2, 0) is 0 Å². The lowest BCUT2D eigenvalue weighted by Crippen LogP contribution is -2.56. The Bertz CT molecular complexity index is 461. The van der Waals surface area contributed by atoms with Crippen LogP contribution in [0.15, 0.2) is 18.2 Å². The number of halogens is 1. The quantitative estimate of drug-likeness (QED) is 0.826. The SMILES string of the molecule is Cc1ccc(C(=O)N2CC(C)NCC2C)c(F)c1. The normalized spacial score (nSPS) is 24.1. The molecule has 2 atom stereocenters. The molecule has 0 saturated carbocycles. The second-order valence-electron chi connectivity index (χ2n) is 5.10. The maximum absolute atomic E-state index is 13.8. The van der Waals surface area contributed by atoms with Gasteiger partial charge in [-0.3, -0.25) is 4.79 Å². The van der Waals surface area contributed by atoms with Crippen LogP contribution in [0.1, 0.15) is 29.8 Å². The first kappa shape index (κ1) is 13.0. The van der Waals surface area contributed by atoms with Crippen molar-refractivity contribution < 1.29 is 9.18 Å². The molecule has 1 aliphatic rings. The summed E-state index contributed by atoms with van der Waals surface area (Å²) in [6.45, 7) is 7.18. The minimum Gasteiger partial charge on any atom is -0.333 e. The molecule has 1 aromatic rings. The first-order valence-electron chi connectivity index (χ1n) is 6.29. The van der Waals surface area contributed by atoms with E-state index in [4.69, 9.17) is 0 Å². The van der Waals surface area contributed by atoms with E-state index in [1.807, 2.05) is 20.8 Å². The summed E-state index contributed by atoms with van der Waals surface area (Å²) in [4.78, 5) is 14.1. The highest BCUT2D eigenvalue weighted by atomic mass is 19.1. The molecule has 3 nitrogen and oxygen atoms in total. The average molecular weight is 250 g/mol. The number of hydrogen-bond acceptors (Lipinski definition) is 2. The van der Waals surface area contributed by atoms with Crippen LogP contribution in [0, 0.1) is 12.7 Å². The van der Waals surface area contributed by atoms with Gasteiger partial charge >= 0.3 is 0 Å². The Labute approximate surface area is 107 Å². The summed E-state index contributed by atoms with van der Waals surface area (Å²) in [5, 5.41) is 3.30. The molecule has 1 amide bonds. The molecule has 1 saturated heterocycles. The van der Waals surface area contributed by atoms with E-state index in [1.165, 1.54) is 6.07 Å². The monoisotopic (exact) mass is 250 g/mol. The van der Waals surface area contributed by atoms with E-state index in [0.29, 0.717) is 6.54 Å². The number of piperazine rings is 1. The van der Waals surface area contributed by atoms with Crippen molar-refractivity contribution >= 4 is 5.91 Å². The van der Waals surface area contributed by atoms with Crippen LogP contribution in [0.25, 0.3) is 0 Å². The van der Waals surface area contributed by atoms with Crippen molar-refractivity contribution in [3.63, 3.8) is 0 Å². The maximum atomic E-state index is 13.8. The van der Waals surface area contributed by atoms with Gasteiger partial charge in [0.2, 0.25) is 0 Å². The Morgan fingerprint density at radius 2 is 2.17 bits per heavy atom. The molecule has 0 bridgehead atoms. The Hall–Kier alpha value is -1.42. The van der Waals surface area contributed by atoms with Gasteiger partial charge in [0.15, 0.2) is 0 Å². The zero-order valence-corrected chi connectivity index (χ0v) is 11.0. The van der Waals surface area contributed by atoms with Crippen molar-refractivity contribution in [1.82, 2.24) is 10.2 Å². The second-order valence-corrected chi connectivity index (χ2v) is 5.10. The summed E-state index contributed by atoms with van der Waals surface area (Å²) in [6.07, 6.45) is 0. The molecule has 1 heterocycles. The van der Waals surface area contributed by atoms with Crippen molar-refractivity contribution in [2.75, 3.05) is 13.1 Å². The fourth-order valence-corrected chi connectivity index (χ4v) is 2.25. The van der Waals surface area contributed by atoms with Crippen molar-refractivity contribution in [3.05, 3.63) is 35.1 Å². The highest BCUT2D eigenvalue weighted by Gasteiger charge is 2.28. The number of carbonyl (C=O) groups is 1. The van der Waals surface area contributed by atoms with Crippen molar-refractivity contribution in [2.45, 2.75) is 32.9 Å². The number of benzene rings is 1. The molecular weight excluding hydrogens is 231 g/mol. The Kier molecular flexibility index (Phi) is 3.66. The van der Waals surface area contributed by atoms with Crippen molar-refractivity contribution in [3.8, 4) is 0 Å². The molecule has 4 heteroatoms. The molecule has 18 heavy (non-hydrogen) atoms. The molecule has 98 valence electrons. The van der Waals surface area contributed by atoms with Gasteiger partial charge in [0.1, 0.15) is 5.82 Å². The van der Waals surface area contributed by atoms with Crippen LogP contribution in [-0.4, -0.2) is 36.0 Å². The molecule has 0 aromatic heterocycles. The number of aryl methyl sites for hydroxylation is 1. The molecule has 1 aromatic carbocycles. The third-order valence-corrected chi connectivity index (χ3v) is 3.38. The topological polar surface area (TPSA) is 32.3 Å². The fraction of sp³-hybridized carbons (Fsp3) is 0.500. The third-order valence-electron chi connectivity index (χ3n) is 3.38. The molecule has 2 rings (SSSR count). The van der Waals surface area contributed by atoms with Gasteiger partial charge < -0.3 is 10.2 Å². The van der Waals surface area contributed by atoms with Crippen molar-refractivity contribution in [2.24, 2.45) is 0 Å². The van der Waals surface area contributed by atoms with E-state index in [2.05, 4.69) is 5.32 Å².